The molecule has 4 heteroatoms. The van der Waals surface area contributed by atoms with Crippen molar-refractivity contribution in [1.82, 2.24) is 0 Å². The smallest absolute Gasteiger partial charge is 0.00773 e. The van der Waals surface area contributed by atoms with Crippen molar-refractivity contribution in [2.75, 3.05) is 27.7 Å². The third-order valence-electron chi connectivity index (χ3n) is 1.06. The second-order valence-electron chi connectivity index (χ2n) is 1.85. The molecule has 0 aromatic carbocycles. The van der Waals surface area contributed by atoms with Crippen molar-refractivity contribution in [3.8, 4) is 0 Å². The zero-order valence-corrected chi connectivity index (χ0v) is 9.84. The van der Waals surface area contributed by atoms with E-state index < -0.39 is 0 Å². The van der Waals surface area contributed by atoms with Crippen molar-refractivity contribution < 1.29 is 0 Å². The Hall–Kier alpha value is -0.160. The minimum absolute atomic E-state index is 0.861. The van der Waals surface area contributed by atoms with Crippen LogP contribution in [0, 0.1) is 0 Å². The largest absolute Gasteiger partial charge is 0.333 e. The zero-order chi connectivity index (χ0) is 11.5. The van der Waals surface area contributed by atoms with E-state index in [1.165, 1.54) is 46.8 Å². The summed E-state index contributed by atoms with van der Waals surface area (Å²) >= 11 is 0. The van der Waals surface area contributed by atoms with Crippen LogP contribution < -0.4 is 22.9 Å². The van der Waals surface area contributed by atoms with Crippen LogP contribution in [0.25, 0.3) is 0 Å². The lowest BCUT2D eigenvalue weighted by Crippen LogP contribution is -1.97. The van der Waals surface area contributed by atoms with Gasteiger partial charge in [-0.2, -0.15) is 0 Å². The summed E-state index contributed by atoms with van der Waals surface area (Å²) in [5, 5.41) is 0. The van der Waals surface area contributed by atoms with Gasteiger partial charge in [0.1, 0.15) is 0 Å². The van der Waals surface area contributed by atoms with Crippen LogP contribution in [-0.4, -0.2) is 27.7 Å². The van der Waals surface area contributed by atoms with Crippen LogP contribution in [0.15, 0.2) is 0 Å². The number of unbranched alkanes of at least 4 members (excludes halogenated alkanes) is 3. The van der Waals surface area contributed by atoms with Crippen LogP contribution >= 0.6 is 0 Å². The fraction of sp³-hybridized carbons (Fsp3) is 1.00. The maximum atomic E-state index is 5.27. The van der Waals surface area contributed by atoms with E-state index >= 15 is 0 Å². The summed E-state index contributed by atoms with van der Waals surface area (Å²) in [5.74, 6) is 0. The Labute approximate surface area is 84.0 Å². The first-order valence-electron chi connectivity index (χ1n) is 4.85. The first-order valence-corrected chi connectivity index (χ1v) is 4.85. The van der Waals surface area contributed by atoms with E-state index in [0.29, 0.717) is 0 Å². The molecule has 0 bridgehead atoms. The predicted octanol–water partition coefficient (Wildman–Crippen LogP) is 0.250. The molecule has 0 aliphatic rings. The van der Waals surface area contributed by atoms with E-state index in [4.69, 9.17) is 5.73 Å². The molecule has 0 fully saturated rings. The maximum Gasteiger partial charge on any atom is -0.00773 e. The first-order chi connectivity index (χ1) is 6.41. The van der Waals surface area contributed by atoms with Crippen LogP contribution in [0.4, 0.5) is 0 Å². The molecule has 0 saturated heterocycles. The Morgan fingerprint density at radius 1 is 0.692 bits per heavy atom. The van der Waals surface area contributed by atoms with Gasteiger partial charge in [-0.1, -0.05) is 26.2 Å². The number of nitrogens with two attached hydrogens (primary N) is 4. The molecule has 0 heterocycles. The third-order valence-corrected chi connectivity index (χ3v) is 1.06. The lowest BCUT2D eigenvalue weighted by atomic mass is 10.2. The molecule has 0 aliphatic carbocycles. The van der Waals surface area contributed by atoms with Gasteiger partial charge in [0.25, 0.3) is 0 Å². The van der Waals surface area contributed by atoms with Crippen molar-refractivity contribution >= 4 is 0 Å². The average Bonchev–Trinajstić information content (AvgIpc) is 2.27. The molecule has 0 unspecified atom stereocenters. The summed E-state index contributed by atoms with van der Waals surface area (Å²) in [6, 6.07) is 0. The molecular weight excluding hydrogens is 164 g/mol. The molecule has 0 spiro atoms. The summed E-state index contributed by atoms with van der Waals surface area (Å²) in [4.78, 5) is 0. The summed E-state index contributed by atoms with van der Waals surface area (Å²) in [5.41, 5.74) is 18.8. The van der Waals surface area contributed by atoms with Gasteiger partial charge in [-0.3, -0.25) is 0 Å². The summed E-state index contributed by atoms with van der Waals surface area (Å²) in [6.45, 7) is 3.07. The minimum atomic E-state index is 0.861. The topological polar surface area (TPSA) is 104 Å². The molecule has 86 valence electrons. The van der Waals surface area contributed by atoms with Gasteiger partial charge in [-0.15, -0.1) is 0 Å². The molecular formula is C9H30N4. The molecule has 0 rings (SSSR count). The summed E-state index contributed by atoms with van der Waals surface area (Å²) < 4.78 is 0. The Bertz CT molecular complexity index is 30.8. The number of rotatable bonds is 4. The number of hydrogen-bond acceptors (Lipinski definition) is 4. The van der Waals surface area contributed by atoms with E-state index in [1.807, 2.05) is 0 Å². The average molecular weight is 194 g/mol. The van der Waals surface area contributed by atoms with Crippen LogP contribution in [0.2, 0.25) is 0 Å². The second kappa shape index (κ2) is 59.4. The highest BCUT2D eigenvalue weighted by Crippen LogP contribution is 1.95. The SMILES string of the molecule is CCCCCCN.CN.CN.CN. The van der Waals surface area contributed by atoms with Gasteiger partial charge < -0.3 is 22.9 Å². The van der Waals surface area contributed by atoms with Crippen molar-refractivity contribution in [2.24, 2.45) is 22.9 Å². The Kier molecular flexibility index (Phi) is 105. The molecule has 4 nitrogen and oxygen atoms in total. The molecule has 0 aromatic rings. The van der Waals surface area contributed by atoms with Gasteiger partial charge in [0.15, 0.2) is 0 Å². The van der Waals surface area contributed by atoms with E-state index in [1.54, 1.807) is 0 Å². The van der Waals surface area contributed by atoms with Gasteiger partial charge in [0, 0.05) is 0 Å². The normalized spacial score (nSPS) is 6.46. The van der Waals surface area contributed by atoms with Crippen molar-refractivity contribution in [3.63, 3.8) is 0 Å². The highest BCUT2D eigenvalue weighted by atomic mass is 14.5. The summed E-state index contributed by atoms with van der Waals surface area (Å²) in [6.07, 6.45) is 5.16. The van der Waals surface area contributed by atoms with Crippen LogP contribution in [-0.2, 0) is 0 Å². The second-order valence-corrected chi connectivity index (χ2v) is 1.85. The molecule has 0 saturated carbocycles. The monoisotopic (exact) mass is 194 g/mol. The lowest BCUT2D eigenvalue weighted by Gasteiger charge is -1.90. The Morgan fingerprint density at radius 3 is 1.31 bits per heavy atom. The highest BCUT2D eigenvalue weighted by molar-refractivity contribution is 4.38. The Balaban J connectivity index is -0.0000000573. The van der Waals surface area contributed by atoms with Crippen molar-refractivity contribution in [3.05, 3.63) is 0 Å². The van der Waals surface area contributed by atoms with Crippen molar-refractivity contribution in [1.29, 1.82) is 0 Å². The zero-order valence-electron chi connectivity index (χ0n) is 9.84. The van der Waals surface area contributed by atoms with Gasteiger partial charge in [-0.05, 0) is 34.1 Å². The number of hydrogen-bond donors (Lipinski definition) is 4. The minimum Gasteiger partial charge on any atom is -0.333 e. The highest BCUT2D eigenvalue weighted by Gasteiger charge is 1.80. The Morgan fingerprint density at radius 2 is 1.08 bits per heavy atom. The van der Waals surface area contributed by atoms with Crippen LogP contribution in [0.1, 0.15) is 32.6 Å². The lowest BCUT2D eigenvalue weighted by molar-refractivity contribution is 0.674. The fourth-order valence-corrected chi connectivity index (χ4v) is 0.571. The van der Waals surface area contributed by atoms with Crippen molar-refractivity contribution in [2.45, 2.75) is 32.6 Å². The third kappa shape index (κ3) is 77.7. The van der Waals surface area contributed by atoms with E-state index in [2.05, 4.69) is 24.1 Å². The molecule has 8 N–H and O–H groups in total. The van der Waals surface area contributed by atoms with E-state index in [-0.39, 0.29) is 0 Å². The molecule has 0 radical (unpaired) electrons. The van der Waals surface area contributed by atoms with Gasteiger partial charge in [0.05, 0.1) is 0 Å². The van der Waals surface area contributed by atoms with Crippen LogP contribution in [0.3, 0.4) is 0 Å². The van der Waals surface area contributed by atoms with E-state index in [9.17, 15) is 0 Å². The predicted molar refractivity (Wildman–Crippen MR) is 63.5 cm³/mol. The van der Waals surface area contributed by atoms with Gasteiger partial charge in [0.2, 0.25) is 0 Å². The maximum absolute atomic E-state index is 5.27. The molecule has 0 aromatic heterocycles. The molecule has 0 amide bonds. The molecule has 0 aliphatic heterocycles. The molecule has 13 heavy (non-hydrogen) atoms. The first kappa shape index (κ1) is 23.0. The summed E-state index contributed by atoms with van der Waals surface area (Å²) in [7, 11) is 4.50. The fourth-order valence-electron chi connectivity index (χ4n) is 0.571. The quantitative estimate of drug-likeness (QED) is 0.481. The van der Waals surface area contributed by atoms with E-state index in [0.717, 1.165) is 6.54 Å². The van der Waals surface area contributed by atoms with Gasteiger partial charge in [-0.25, -0.2) is 0 Å². The van der Waals surface area contributed by atoms with Gasteiger partial charge >= 0.3 is 0 Å². The molecule has 0 atom stereocenters. The standard InChI is InChI=1S/C6H15N.3CH5N/c1-2-3-4-5-6-7;3*1-2/h2-7H2,1H3;3*2H2,1H3. The van der Waals surface area contributed by atoms with Crippen LogP contribution in [0.5, 0.6) is 0 Å².